The van der Waals surface area contributed by atoms with Crippen LogP contribution in [-0.4, -0.2) is 28.2 Å². The minimum Gasteiger partial charge on any atom is -0.475 e. The molecule has 2 aromatic heterocycles. The van der Waals surface area contributed by atoms with E-state index in [-0.39, 0.29) is 28.8 Å². The molecule has 1 fully saturated rings. The number of hydrogen-bond acceptors (Lipinski definition) is 4. The van der Waals surface area contributed by atoms with Crippen LogP contribution in [-0.2, 0) is 11.3 Å². The molecule has 3 atom stereocenters. The maximum absolute atomic E-state index is 12.5. The molecule has 2 heterocycles. The topological polar surface area (TPSA) is 56.2 Å². The lowest BCUT2D eigenvalue weighted by Crippen LogP contribution is -2.26. The first kappa shape index (κ1) is 22.4. The number of ether oxygens (including phenoxy) is 1. The number of carbonyl (C=O) groups excluding carboxylic acids is 1. The number of benzene rings is 1. The van der Waals surface area contributed by atoms with Gasteiger partial charge in [0.1, 0.15) is 5.82 Å². The first-order valence-electron chi connectivity index (χ1n) is 10.4. The molecule has 3 aromatic rings. The number of amides is 1. The van der Waals surface area contributed by atoms with Gasteiger partial charge in [-0.3, -0.25) is 4.79 Å². The highest BCUT2D eigenvalue weighted by molar-refractivity contribution is 7.13. The van der Waals surface area contributed by atoms with Crippen molar-refractivity contribution in [3.05, 3.63) is 71.1 Å². The highest BCUT2D eigenvalue weighted by atomic mass is 32.1. The first-order valence-corrected chi connectivity index (χ1v) is 11.2. The lowest BCUT2D eigenvalue weighted by Gasteiger charge is -2.12. The Hall–Kier alpha value is -2.81. The average molecular weight is 464 g/mol. The van der Waals surface area contributed by atoms with Crippen LogP contribution in [0.2, 0.25) is 0 Å². The molecule has 170 valence electrons. The van der Waals surface area contributed by atoms with Gasteiger partial charge in [0, 0.05) is 36.2 Å². The van der Waals surface area contributed by atoms with Crippen molar-refractivity contribution in [2.24, 2.45) is 5.92 Å². The molecule has 1 amide bonds. The van der Waals surface area contributed by atoms with E-state index in [0.29, 0.717) is 6.42 Å². The molecule has 9 heteroatoms. The largest absolute Gasteiger partial charge is 0.475 e. The summed E-state index contributed by atoms with van der Waals surface area (Å²) in [7, 11) is 0. The van der Waals surface area contributed by atoms with E-state index in [1.54, 1.807) is 12.3 Å². The van der Waals surface area contributed by atoms with Gasteiger partial charge in [0.15, 0.2) is 11.7 Å². The second kappa shape index (κ2) is 9.36. The van der Waals surface area contributed by atoms with Gasteiger partial charge in [-0.1, -0.05) is 30.3 Å². The molecular weight excluding hydrogens is 439 g/mol. The number of imidazole rings is 1. The molecule has 0 unspecified atom stereocenters. The van der Waals surface area contributed by atoms with Gasteiger partial charge in [0.25, 0.3) is 0 Å². The third kappa shape index (κ3) is 5.91. The van der Waals surface area contributed by atoms with Crippen LogP contribution in [0.3, 0.4) is 0 Å². The number of aromatic nitrogens is 2. The van der Waals surface area contributed by atoms with Gasteiger partial charge in [0.05, 0.1) is 6.04 Å². The summed E-state index contributed by atoms with van der Waals surface area (Å²) in [6, 6.07) is 13.0. The molecule has 0 saturated heterocycles. The van der Waals surface area contributed by atoms with Gasteiger partial charge >= 0.3 is 6.18 Å². The Morgan fingerprint density at radius 2 is 2.06 bits per heavy atom. The fraction of sp³-hybridized carbons (Fsp3) is 0.391. The molecule has 1 saturated carbocycles. The second-order valence-corrected chi connectivity index (χ2v) is 9.13. The highest BCUT2D eigenvalue weighted by Crippen LogP contribution is 2.49. The van der Waals surface area contributed by atoms with Gasteiger partial charge in [-0.25, -0.2) is 4.98 Å². The second-order valence-electron chi connectivity index (χ2n) is 8.06. The van der Waals surface area contributed by atoms with Crippen LogP contribution < -0.4 is 10.1 Å². The van der Waals surface area contributed by atoms with Crippen LogP contribution in [0.5, 0.6) is 5.06 Å². The number of nitrogens with one attached hydrogen (secondary N) is 1. The SMILES string of the molecule is C[C@@H](NC(=O)C[C@@H]1C[C@@H]1c1nccn1Cc1ccccc1)c1ccc(OCC(F)(F)F)s1. The van der Waals surface area contributed by atoms with Crippen molar-refractivity contribution >= 4 is 17.2 Å². The Bertz CT molecular complexity index is 1050. The number of halogens is 3. The zero-order valence-electron chi connectivity index (χ0n) is 17.5. The van der Waals surface area contributed by atoms with E-state index >= 15 is 0 Å². The molecule has 0 radical (unpaired) electrons. The van der Waals surface area contributed by atoms with Gasteiger partial charge in [-0.05, 0) is 37.0 Å². The van der Waals surface area contributed by atoms with Gasteiger partial charge in [-0.15, -0.1) is 11.3 Å². The molecule has 0 aliphatic heterocycles. The number of alkyl halides is 3. The van der Waals surface area contributed by atoms with Gasteiger partial charge in [-0.2, -0.15) is 13.2 Å². The first-order chi connectivity index (χ1) is 15.3. The van der Waals surface area contributed by atoms with E-state index in [4.69, 9.17) is 4.74 Å². The van der Waals surface area contributed by atoms with Crippen molar-refractivity contribution in [3.63, 3.8) is 0 Å². The van der Waals surface area contributed by atoms with E-state index in [9.17, 15) is 18.0 Å². The molecule has 1 N–H and O–H groups in total. The fourth-order valence-electron chi connectivity index (χ4n) is 3.76. The molecule has 4 rings (SSSR count). The van der Waals surface area contributed by atoms with Crippen molar-refractivity contribution < 1.29 is 22.7 Å². The van der Waals surface area contributed by atoms with Crippen LogP contribution in [0.4, 0.5) is 13.2 Å². The molecule has 5 nitrogen and oxygen atoms in total. The Labute approximate surface area is 188 Å². The number of thiophene rings is 1. The van der Waals surface area contributed by atoms with E-state index in [2.05, 4.69) is 27.0 Å². The van der Waals surface area contributed by atoms with Crippen molar-refractivity contribution in [3.8, 4) is 5.06 Å². The summed E-state index contributed by atoms with van der Waals surface area (Å²) < 4.78 is 43.8. The third-order valence-corrected chi connectivity index (χ3v) is 6.61. The molecule has 1 aliphatic carbocycles. The maximum Gasteiger partial charge on any atom is 0.422 e. The number of carbonyl (C=O) groups is 1. The summed E-state index contributed by atoms with van der Waals surface area (Å²) in [4.78, 5) is 17.8. The monoisotopic (exact) mass is 463 g/mol. The van der Waals surface area contributed by atoms with E-state index in [1.165, 1.54) is 11.6 Å². The molecular formula is C23H24F3N3O2S. The van der Waals surface area contributed by atoms with Gasteiger partial charge in [0.2, 0.25) is 5.91 Å². The molecule has 0 bridgehead atoms. The standard InChI is InChI=1S/C23H24F3N3O2S/c1-15(19-7-8-21(32-19)31-14-23(24,25)26)28-20(30)12-17-11-18(17)22-27-9-10-29(22)13-16-5-3-2-4-6-16/h2-10,15,17-18H,11-14H2,1H3,(H,28,30)/t15-,17+,18+/m1/s1. The van der Waals surface area contributed by atoms with Crippen molar-refractivity contribution in [1.29, 1.82) is 0 Å². The Morgan fingerprint density at radius 1 is 1.28 bits per heavy atom. The molecule has 0 spiro atoms. The number of rotatable bonds is 9. The minimum atomic E-state index is -4.37. The molecule has 1 aliphatic rings. The minimum absolute atomic E-state index is 0.0719. The lowest BCUT2D eigenvalue weighted by molar-refractivity contribution is -0.152. The Morgan fingerprint density at radius 3 is 2.81 bits per heavy atom. The quantitative estimate of drug-likeness (QED) is 0.468. The van der Waals surface area contributed by atoms with Crippen LogP contribution in [0, 0.1) is 5.92 Å². The summed E-state index contributed by atoms with van der Waals surface area (Å²) >= 11 is 1.11. The lowest BCUT2D eigenvalue weighted by atomic mass is 10.2. The van der Waals surface area contributed by atoms with E-state index in [1.807, 2.05) is 31.3 Å². The number of hydrogen-bond donors (Lipinski definition) is 1. The predicted octanol–water partition coefficient (Wildman–Crippen LogP) is 5.31. The number of nitrogens with zero attached hydrogens (tertiary/aromatic N) is 2. The molecule has 32 heavy (non-hydrogen) atoms. The normalized spacial score (nSPS) is 18.9. The fourth-order valence-corrected chi connectivity index (χ4v) is 4.62. The zero-order valence-corrected chi connectivity index (χ0v) is 18.3. The van der Waals surface area contributed by atoms with Crippen LogP contribution in [0.1, 0.15) is 48.0 Å². The Balaban J connectivity index is 1.27. The summed E-state index contributed by atoms with van der Waals surface area (Å²) in [5.74, 6) is 1.44. The summed E-state index contributed by atoms with van der Waals surface area (Å²) in [5.41, 5.74) is 1.20. The highest BCUT2D eigenvalue weighted by Gasteiger charge is 2.42. The summed E-state index contributed by atoms with van der Waals surface area (Å²) in [5, 5.41) is 3.13. The summed E-state index contributed by atoms with van der Waals surface area (Å²) in [6.45, 7) is 1.24. The summed E-state index contributed by atoms with van der Waals surface area (Å²) in [6.07, 6.45) is 0.707. The average Bonchev–Trinajstić information content (AvgIpc) is 3.14. The van der Waals surface area contributed by atoms with Crippen LogP contribution in [0.25, 0.3) is 0 Å². The smallest absolute Gasteiger partial charge is 0.422 e. The van der Waals surface area contributed by atoms with E-state index < -0.39 is 12.8 Å². The van der Waals surface area contributed by atoms with E-state index in [0.717, 1.165) is 35.0 Å². The van der Waals surface area contributed by atoms with Crippen molar-refractivity contribution in [2.45, 2.75) is 44.4 Å². The third-order valence-electron chi connectivity index (χ3n) is 5.43. The zero-order chi connectivity index (χ0) is 22.7. The van der Waals surface area contributed by atoms with Crippen molar-refractivity contribution in [2.75, 3.05) is 6.61 Å². The van der Waals surface area contributed by atoms with Crippen LogP contribution >= 0.6 is 11.3 Å². The predicted molar refractivity (Wildman–Crippen MR) is 116 cm³/mol. The van der Waals surface area contributed by atoms with Gasteiger partial charge < -0.3 is 14.6 Å². The van der Waals surface area contributed by atoms with Crippen molar-refractivity contribution in [1.82, 2.24) is 14.9 Å². The maximum atomic E-state index is 12.5. The molecule has 1 aromatic carbocycles. The van der Waals surface area contributed by atoms with Crippen LogP contribution in [0.15, 0.2) is 54.9 Å². The Kier molecular flexibility index (Phi) is 6.55.